The minimum absolute atomic E-state index is 0.158. The third-order valence-corrected chi connectivity index (χ3v) is 3.24. The molecule has 6 heteroatoms. The fourth-order valence-corrected chi connectivity index (χ4v) is 2.37. The summed E-state index contributed by atoms with van der Waals surface area (Å²) in [6.45, 7) is 1.99. The first kappa shape index (κ1) is 13.5. The van der Waals surface area contributed by atoms with Gasteiger partial charge in [-0.05, 0) is 12.5 Å². The lowest BCUT2D eigenvalue weighted by molar-refractivity contribution is -0.524. The van der Waals surface area contributed by atoms with Crippen LogP contribution in [0.4, 0.5) is 0 Å². The van der Waals surface area contributed by atoms with Crippen molar-refractivity contribution < 1.29 is 14.5 Å². The van der Waals surface area contributed by atoms with E-state index in [1.54, 1.807) is 6.92 Å². The number of carbonyl (C=O) groups excluding carboxylic acids is 1. The Bertz CT molecular complexity index is 463. The molecule has 2 rings (SSSR count). The van der Waals surface area contributed by atoms with Crippen molar-refractivity contribution in [2.75, 3.05) is 6.61 Å². The maximum atomic E-state index is 11.7. The molecule has 1 saturated heterocycles. The van der Waals surface area contributed by atoms with E-state index in [4.69, 9.17) is 4.74 Å². The molecule has 3 unspecified atom stereocenters. The maximum Gasteiger partial charge on any atom is 0.323 e. The van der Waals surface area contributed by atoms with E-state index in [-0.39, 0.29) is 18.0 Å². The molecule has 0 aromatic heterocycles. The van der Waals surface area contributed by atoms with Crippen LogP contribution in [0.25, 0.3) is 0 Å². The quantitative estimate of drug-likeness (QED) is 0.503. The highest BCUT2D eigenvalue weighted by Gasteiger charge is 2.45. The Morgan fingerprint density at radius 2 is 2.16 bits per heavy atom. The molecular formula is C13H16N2O4. The standard InChI is InChI=1S/C13H16N2O4/c1-2-19-13(16)10-8-11(15(17)18)12(14-10)9-6-4-3-5-7-9/h3-7,10-12,14H,2,8H2,1H3. The number of rotatable bonds is 4. The highest BCUT2D eigenvalue weighted by molar-refractivity contribution is 5.76. The minimum atomic E-state index is -0.809. The van der Waals surface area contributed by atoms with Gasteiger partial charge in [0.05, 0.1) is 6.61 Å². The zero-order chi connectivity index (χ0) is 13.8. The average molecular weight is 264 g/mol. The third kappa shape index (κ3) is 2.90. The number of hydrogen-bond donors (Lipinski definition) is 1. The zero-order valence-corrected chi connectivity index (χ0v) is 10.6. The van der Waals surface area contributed by atoms with Crippen LogP contribution in [-0.4, -0.2) is 29.6 Å². The van der Waals surface area contributed by atoms with Crippen LogP contribution in [0.3, 0.4) is 0 Å². The fraction of sp³-hybridized carbons (Fsp3) is 0.462. The van der Waals surface area contributed by atoms with Gasteiger partial charge in [0.1, 0.15) is 12.1 Å². The molecule has 0 bridgehead atoms. The second-order valence-corrected chi connectivity index (χ2v) is 4.45. The van der Waals surface area contributed by atoms with Crippen LogP contribution in [0.5, 0.6) is 0 Å². The van der Waals surface area contributed by atoms with Crippen molar-refractivity contribution in [3.63, 3.8) is 0 Å². The Kier molecular flexibility index (Phi) is 4.11. The predicted molar refractivity (Wildman–Crippen MR) is 68.1 cm³/mol. The molecule has 1 heterocycles. The second kappa shape index (κ2) is 5.79. The summed E-state index contributed by atoms with van der Waals surface area (Å²) in [5, 5.41) is 14.1. The Labute approximate surface area is 110 Å². The Morgan fingerprint density at radius 1 is 1.47 bits per heavy atom. The minimum Gasteiger partial charge on any atom is -0.465 e. The Morgan fingerprint density at radius 3 is 2.74 bits per heavy atom. The first-order valence-corrected chi connectivity index (χ1v) is 6.24. The number of nitrogens with one attached hydrogen (secondary N) is 1. The van der Waals surface area contributed by atoms with Gasteiger partial charge in [0.15, 0.2) is 0 Å². The molecule has 1 aromatic carbocycles. The molecule has 1 N–H and O–H groups in total. The molecule has 1 aliphatic heterocycles. The average Bonchev–Trinajstić information content (AvgIpc) is 2.85. The van der Waals surface area contributed by atoms with Crippen molar-refractivity contribution in [1.82, 2.24) is 5.32 Å². The third-order valence-electron chi connectivity index (χ3n) is 3.24. The number of nitrogens with zero attached hydrogens (tertiary/aromatic N) is 1. The Balaban J connectivity index is 2.18. The van der Waals surface area contributed by atoms with Crippen molar-refractivity contribution in [2.24, 2.45) is 0 Å². The van der Waals surface area contributed by atoms with Gasteiger partial charge in [0.2, 0.25) is 6.04 Å². The van der Waals surface area contributed by atoms with E-state index in [0.717, 1.165) is 5.56 Å². The van der Waals surface area contributed by atoms with E-state index < -0.39 is 24.1 Å². The summed E-state index contributed by atoms with van der Waals surface area (Å²) < 4.78 is 4.91. The van der Waals surface area contributed by atoms with Crippen LogP contribution in [0, 0.1) is 10.1 Å². The molecule has 19 heavy (non-hydrogen) atoms. The van der Waals surface area contributed by atoms with Gasteiger partial charge in [0.25, 0.3) is 0 Å². The number of ether oxygens (including phenoxy) is 1. The van der Waals surface area contributed by atoms with Crippen LogP contribution in [0.1, 0.15) is 24.9 Å². The van der Waals surface area contributed by atoms with E-state index in [2.05, 4.69) is 5.32 Å². The highest BCUT2D eigenvalue weighted by Crippen LogP contribution is 2.29. The lowest BCUT2D eigenvalue weighted by atomic mass is 10.0. The molecule has 102 valence electrons. The summed E-state index contributed by atoms with van der Waals surface area (Å²) in [6.07, 6.45) is 0.158. The molecule has 6 nitrogen and oxygen atoms in total. The summed E-state index contributed by atoms with van der Waals surface area (Å²) in [7, 11) is 0. The van der Waals surface area contributed by atoms with E-state index in [0.29, 0.717) is 0 Å². The van der Waals surface area contributed by atoms with Crippen LogP contribution >= 0.6 is 0 Å². The van der Waals surface area contributed by atoms with E-state index in [1.165, 1.54) is 0 Å². The number of hydrogen-bond acceptors (Lipinski definition) is 5. The van der Waals surface area contributed by atoms with Gasteiger partial charge >= 0.3 is 5.97 Å². The van der Waals surface area contributed by atoms with E-state index in [9.17, 15) is 14.9 Å². The van der Waals surface area contributed by atoms with Crippen molar-refractivity contribution in [2.45, 2.75) is 31.5 Å². The molecule has 3 atom stereocenters. The van der Waals surface area contributed by atoms with Crippen molar-refractivity contribution in [3.05, 3.63) is 46.0 Å². The zero-order valence-electron chi connectivity index (χ0n) is 10.6. The lowest BCUT2D eigenvalue weighted by Crippen LogP contribution is -2.34. The molecule has 0 radical (unpaired) electrons. The Hall–Kier alpha value is -1.95. The van der Waals surface area contributed by atoms with E-state index >= 15 is 0 Å². The van der Waals surface area contributed by atoms with Gasteiger partial charge in [-0.15, -0.1) is 0 Å². The molecule has 0 aliphatic carbocycles. The van der Waals surface area contributed by atoms with Crippen LogP contribution < -0.4 is 5.32 Å². The highest BCUT2D eigenvalue weighted by atomic mass is 16.6. The van der Waals surface area contributed by atoms with E-state index in [1.807, 2.05) is 30.3 Å². The van der Waals surface area contributed by atoms with Gasteiger partial charge in [-0.25, -0.2) is 0 Å². The summed E-state index contributed by atoms with van der Waals surface area (Å²) >= 11 is 0. The summed E-state index contributed by atoms with van der Waals surface area (Å²) in [5.74, 6) is -0.423. The van der Waals surface area contributed by atoms with Crippen LogP contribution in [-0.2, 0) is 9.53 Å². The fourth-order valence-electron chi connectivity index (χ4n) is 2.37. The number of benzene rings is 1. The molecule has 0 spiro atoms. The van der Waals surface area contributed by atoms with Crippen LogP contribution in [0.2, 0.25) is 0 Å². The van der Waals surface area contributed by atoms with Gasteiger partial charge in [0, 0.05) is 11.3 Å². The first-order chi connectivity index (χ1) is 9.13. The predicted octanol–water partition coefficient (Wildman–Crippen LogP) is 1.30. The molecule has 1 aliphatic rings. The monoisotopic (exact) mass is 264 g/mol. The number of nitro groups is 1. The largest absolute Gasteiger partial charge is 0.465 e. The van der Waals surface area contributed by atoms with Gasteiger partial charge < -0.3 is 4.74 Å². The number of carbonyl (C=O) groups is 1. The normalized spacial score (nSPS) is 26.1. The van der Waals surface area contributed by atoms with Gasteiger partial charge in [-0.2, -0.15) is 0 Å². The molecule has 0 amide bonds. The maximum absolute atomic E-state index is 11.7. The topological polar surface area (TPSA) is 81.5 Å². The smallest absolute Gasteiger partial charge is 0.323 e. The molecule has 0 saturated carbocycles. The molecule has 1 aromatic rings. The van der Waals surface area contributed by atoms with Gasteiger partial charge in [-0.1, -0.05) is 30.3 Å². The summed E-state index contributed by atoms with van der Waals surface area (Å²) in [5.41, 5.74) is 0.816. The summed E-state index contributed by atoms with van der Waals surface area (Å²) in [6, 6.07) is 7.27. The number of esters is 1. The first-order valence-electron chi connectivity index (χ1n) is 6.24. The van der Waals surface area contributed by atoms with Crippen molar-refractivity contribution in [1.29, 1.82) is 0 Å². The molecular weight excluding hydrogens is 248 g/mol. The van der Waals surface area contributed by atoms with Gasteiger partial charge in [-0.3, -0.25) is 20.2 Å². The van der Waals surface area contributed by atoms with Crippen LogP contribution in [0.15, 0.2) is 30.3 Å². The SMILES string of the molecule is CCOC(=O)C1CC([N+](=O)[O-])C(c2ccccc2)N1. The van der Waals surface area contributed by atoms with Crippen molar-refractivity contribution in [3.8, 4) is 0 Å². The second-order valence-electron chi connectivity index (χ2n) is 4.45. The summed E-state index contributed by atoms with van der Waals surface area (Å²) in [4.78, 5) is 22.5. The molecule has 1 fully saturated rings. The lowest BCUT2D eigenvalue weighted by Gasteiger charge is -2.14. The van der Waals surface area contributed by atoms with Crippen molar-refractivity contribution >= 4 is 5.97 Å².